The largest absolute Gasteiger partial charge is 0.467 e. The molecule has 0 bridgehead atoms. The van der Waals surface area contributed by atoms with Crippen molar-refractivity contribution >= 4 is 11.6 Å². The van der Waals surface area contributed by atoms with Crippen LogP contribution in [0, 0.1) is 11.3 Å². The van der Waals surface area contributed by atoms with Crippen LogP contribution in [0.1, 0.15) is 17.5 Å². The number of methoxy groups -OCH3 is 2. The van der Waals surface area contributed by atoms with Crippen LogP contribution in [0.3, 0.4) is 0 Å². The van der Waals surface area contributed by atoms with E-state index in [0.717, 1.165) is 5.76 Å². The molecule has 1 atom stereocenters. The lowest BCUT2D eigenvalue weighted by atomic mass is 10.2. The molecule has 3 rings (SSSR count). The molecule has 1 unspecified atom stereocenters. The molecule has 28 heavy (non-hydrogen) atoms. The molecule has 2 aromatic rings. The number of nitrogens with zero attached hydrogens (tertiary/aromatic N) is 5. The number of hydrogen-bond donors (Lipinski definition) is 0. The highest BCUT2D eigenvalue weighted by Gasteiger charge is 2.29. The Labute approximate surface area is 164 Å². The standard InChI is InChI=1S/C19H25N5O4/c1-25-9-7-24(16(14-26-2)17-4-3-8-28-17)18-19(22-15(12-20)13-21-18)23-5-10-27-11-6-23/h3-4,8,13,16H,5-7,9-11,14H2,1-2H3. The van der Waals surface area contributed by atoms with Crippen LogP contribution >= 0.6 is 0 Å². The van der Waals surface area contributed by atoms with Gasteiger partial charge in [-0.05, 0) is 12.1 Å². The zero-order chi connectivity index (χ0) is 19.8. The molecular formula is C19H25N5O4. The first-order chi connectivity index (χ1) is 13.8. The summed E-state index contributed by atoms with van der Waals surface area (Å²) in [6.45, 7) is 4.04. The molecule has 9 heteroatoms. The molecule has 0 aliphatic carbocycles. The summed E-state index contributed by atoms with van der Waals surface area (Å²) < 4.78 is 21.9. The maximum atomic E-state index is 9.31. The number of morpholine rings is 1. The quantitative estimate of drug-likeness (QED) is 0.636. The highest BCUT2D eigenvalue weighted by atomic mass is 16.5. The summed E-state index contributed by atoms with van der Waals surface area (Å²) in [5, 5.41) is 9.31. The molecule has 0 radical (unpaired) electrons. The maximum absolute atomic E-state index is 9.31. The van der Waals surface area contributed by atoms with Gasteiger partial charge in [0.05, 0.1) is 38.9 Å². The summed E-state index contributed by atoms with van der Waals surface area (Å²) in [7, 11) is 3.31. The van der Waals surface area contributed by atoms with Gasteiger partial charge in [0.15, 0.2) is 17.3 Å². The normalized spacial score (nSPS) is 15.2. The monoisotopic (exact) mass is 387 g/mol. The highest BCUT2D eigenvalue weighted by molar-refractivity contribution is 5.64. The van der Waals surface area contributed by atoms with Crippen LogP contribution in [-0.4, -0.2) is 70.2 Å². The topological polar surface area (TPSA) is 96.9 Å². The molecule has 0 N–H and O–H groups in total. The van der Waals surface area contributed by atoms with Crippen molar-refractivity contribution in [2.24, 2.45) is 0 Å². The highest BCUT2D eigenvalue weighted by Crippen LogP contribution is 2.33. The van der Waals surface area contributed by atoms with Gasteiger partial charge in [-0.25, -0.2) is 9.97 Å². The fourth-order valence-corrected chi connectivity index (χ4v) is 3.18. The molecule has 1 aliphatic rings. The molecule has 150 valence electrons. The van der Waals surface area contributed by atoms with Gasteiger partial charge in [0.2, 0.25) is 0 Å². The van der Waals surface area contributed by atoms with Crippen LogP contribution in [0.25, 0.3) is 0 Å². The van der Waals surface area contributed by atoms with Crippen LogP contribution in [0.5, 0.6) is 0 Å². The Kier molecular flexibility index (Phi) is 7.19. The first-order valence-electron chi connectivity index (χ1n) is 9.16. The Hall–Kier alpha value is -2.67. The van der Waals surface area contributed by atoms with Crippen molar-refractivity contribution in [1.29, 1.82) is 5.26 Å². The third-order valence-electron chi connectivity index (χ3n) is 4.54. The Morgan fingerprint density at radius 3 is 2.79 bits per heavy atom. The van der Waals surface area contributed by atoms with E-state index in [1.807, 2.05) is 12.1 Å². The number of aromatic nitrogens is 2. The van der Waals surface area contributed by atoms with E-state index in [4.69, 9.17) is 18.6 Å². The smallest absolute Gasteiger partial charge is 0.173 e. The van der Waals surface area contributed by atoms with E-state index in [1.165, 1.54) is 6.20 Å². The van der Waals surface area contributed by atoms with Gasteiger partial charge in [0.25, 0.3) is 0 Å². The number of rotatable bonds is 9. The van der Waals surface area contributed by atoms with Crippen LogP contribution in [0.2, 0.25) is 0 Å². The molecule has 1 saturated heterocycles. The first-order valence-corrected chi connectivity index (χ1v) is 9.16. The number of ether oxygens (including phenoxy) is 3. The van der Waals surface area contributed by atoms with Crippen molar-refractivity contribution in [3.63, 3.8) is 0 Å². The van der Waals surface area contributed by atoms with Crippen LogP contribution in [0.15, 0.2) is 29.0 Å². The van der Waals surface area contributed by atoms with Crippen molar-refractivity contribution in [3.05, 3.63) is 36.0 Å². The minimum absolute atomic E-state index is 0.211. The van der Waals surface area contributed by atoms with Crippen molar-refractivity contribution in [2.45, 2.75) is 6.04 Å². The Balaban J connectivity index is 2.04. The predicted octanol–water partition coefficient (Wildman–Crippen LogP) is 1.62. The Morgan fingerprint density at radius 1 is 1.32 bits per heavy atom. The lowest BCUT2D eigenvalue weighted by Crippen LogP contribution is -2.40. The molecule has 0 spiro atoms. The number of hydrogen-bond acceptors (Lipinski definition) is 9. The van der Waals surface area contributed by atoms with E-state index >= 15 is 0 Å². The van der Waals surface area contributed by atoms with E-state index < -0.39 is 0 Å². The second-order valence-electron chi connectivity index (χ2n) is 6.29. The third-order valence-corrected chi connectivity index (χ3v) is 4.54. The van der Waals surface area contributed by atoms with Gasteiger partial charge in [-0.2, -0.15) is 5.26 Å². The summed E-state index contributed by atoms with van der Waals surface area (Å²) in [6.07, 6.45) is 3.13. The molecule has 2 aromatic heterocycles. The molecule has 0 amide bonds. The fraction of sp³-hybridized carbons (Fsp3) is 0.526. The molecule has 0 saturated carbocycles. The van der Waals surface area contributed by atoms with Crippen LogP contribution in [-0.2, 0) is 14.2 Å². The van der Waals surface area contributed by atoms with E-state index in [0.29, 0.717) is 57.7 Å². The molecule has 0 aromatic carbocycles. The van der Waals surface area contributed by atoms with Crippen molar-refractivity contribution in [3.8, 4) is 6.07 Å². The van der Waals surface area contributed by atoms with Gasteiger partial charge < -0.3 is 28.4 Å². The zero-order valence-corrected chi connectivity index (χ0v) is 16.2. The minimum Gasteiger partial charge on any atom is -0.467 e. The molecule has 9 nitrogen and oxygen atoms in total. The summed E-state index contributed by atoms with van der Waals surface area (Å²) in [5.41, 5.74) is 0.276. The van der Waals surface area contributed by atoms with Gasteiger partial charge in [-0.15, -0.1) is 0 Å². The van der Waals surface area contributed by atoms with Gasteiger partial charge >= 0.3 is 0 Å². The Bertz CT molecular complexity index is 771. The lowest BCUT2D eigenvalue weighted by Gasteiger charge is -2.35. The van der Waals surface area contributed by atoms with Gasteiger partial charge in [-0.3, -0.25) is 0 Å². The molecule has 1 fully saturated rings. The summed E-state index contributed by atoms with van der Waals surface area (Å²) >= 11 is 0. The van der Waals surface area contributed by atoms with Gasteiger partial charge in [0, 0.05) is 33.9 Å². The Morgan fingerprint density at radius 2 is 2.14 bits per heavy atom. The zero-order valence-electron chi connectivity index (χ0n) is 16.2. The van der Waals surface area contributed by atoms with E-state index in [9.17, 15) is 5.26 Å². The van der Waals surface area contributed by atoms with Gasteiger partial charge in [0.1, 0.15) is 17.9 Å². The number of anilines is 2. The second-order valence-corrected chi connectivity index (χ2v) is 6.29. The number of furan rings is 1. The van der Waals surface area contributed by atoms with Crippen LogP contribution in [0.4, 0.5) is 11.6 Å². The predicted molar refractivity (Wildman–Crippen MR) is 102 cm³/mol. The van der Waals surface area contributed by atoms with Crippen molar-refractivity contribution < 1.29 is 18.6 Å². The molecule has 1 aliphatic heterocycles. The summed E-state index contributed by atoms with van der Waals surface area (Å²) in [4.78, 5) is 13.3. The first kappa shape index (κ1) is 20.1. The lowest BCUT2D eigenvalue weighted by molar-refractivity contribution is 0.122. The van der Waals surface area contributed by atoms with E-state index in [-0.39, 0.29) is 11.7 Å². The average molecular weight is 387 g/mol. The van der Waals surface area contributed by atoms with E-state index in [2.05, 4.69) is 25.8 Å². The fourth-order valence-electron chi connectivity index (χ4n) is 3.18. The van der Waals surface area contributed by atoms with Crippen molar-refractivity contribution in [2.75, 3.05) is 70.1 Å². The summed E-state index contributed by atoms with van der Waals surface area (Å²) in [5.74, 6) is 2.08. The number of nitriles is 1. The van der Waals surface area contributed by atoms with Crippen molar-refractivity contribution in [1.82, 2.24) is 9.97 Å². The third kappa shape index (κ3) is 4.59. The van der Waals surface area contributed by atoms with Crippen LogP contribution < -0.4 is 9.80 Å². The minimum atomic E-state index is -0.211. The summed E-state index contributed by atoms with van der Waals surface area (Å²) in [6, 6.07) is 5.63. The maximum Gasteiger partial charge on any atom is 0.173 e. The van der Waals surface area contributed by atoms with Gasteiger partial charge in [-0.1, -0.05) is 0 Å². The molecule has 3 heterocycles. The van der Waals surface area contributed by atoms with E-state index in [1.54, 1.807) is 20.5 Å². The second kappa shape index (κ2) is 10.0. The SMILES string of the molecule is COCCN(c1ncc(C#N)nc1N1CCOCC1)C(COC)c1ccco1. The molecular weight excluding hydrogens is 362 g/mol. The average Bonchev–Trinajstić information content (AvgIpc) is 3.28.